The van der Waals surface area contributed by atoms with Gasteiger partial charge in [-0.05, 0) is 0 Å². The Bertz CT molecular complexity index is 788. The van der Waals surface area contributed by atoms with Crippen LogP contribution >= 0.6 is 0 Å². The van der Waals surface area contributed by atoms with Crippen molar-refractivity contribution in [1.82, 2.24) is 9.13 Å². The molecular formula is C19H20AgN2. The van der Waals surface area contributed by atoms with E-state index in [2.05, 4.69) is 106 Å². The Hall–Kier alpha value is -1.61. The predicted octanol–water partition coefficient (Wildman–Crippen LogP) is 4.58. The quantitative estimate of drug-likeness (QED) is 0.573. The molecule has 0 aliphatic rings. The third kappa shape index (κ3) is 2.48. The van der Waals surface area contributed by atoms with Crippen molar-refractivity contribution in [1.29, 1.82) is 0 Å². The van der Waals surface area contributed by atoms with Gasteiger partial charge in [0.15, 0.2) is 0 Å². The molecule has 1 aromatic heterocycles. The van der Waals surface area contributed by atoms with Crippen molar-refractivity contribution in [2.45, 2.75) is 27.7 Å². The number of rotatable bonds is 2. The Morgan fingerprint density at radius 1 is 0.636 bits per heavy atom. The standard InChI is InChI=1S/C19H20N2.Ag/c1-14-7-5-8-15(2)18(14)20-11-12-21(13-20)19-16(3)9-6-10-17(19)4;/h5-12H,1-4H3;. The first-order valence-corrected chi connectivity index (χ1v) is 8.12. The molecule has 0 amide bonds. The molecule has 0 radical (unpaired) electrons. The van der Waals surface area contributed by atoms with E-state index in [9.17, 15) is 0 Å². The Kier molecular flexibility index (Phi) is 4.09. The van der Waals surface area contributed by atoms with E-state index >= 15 is 0 Å². The van der Waals surface area contributed by atoms with Crippen LogP contribution in [0.1, 0.15) is 22.3 Å². The third-order valence-electron chi connectivity index (χ3n) is 4.09. The van der Waals surface area contributed by atoms with Crippen molar-refractivity contribution >= 4 is 0 Å². The fourth-order valence-corrected chi connectivity index (χ4v) is 3.60. The molecule has 0 spiro atoms. The van der Waals surface area contributed by atoms with Crippen molar-refractivity contribution in [3.63, 3.8) is 0 Å². The molecule has 0 N–H and O–H groups in total. The molecule has 0 bridgehead atoms. The van der Waals surface area contributed by atoms with Gasteiger partial charge in [0.2, 0.25) is 0 Å². The normalized spacial score (nSPS) is 11.0. The second-order valence-electron chi connectivity index (χ2n) is 5.75. The number of aryl methyl sites for hydroxylation is 4. The van der Waals surface area contributed by atoms with Gasteiger partial charge in [-0.15, -0.1) is 0 Å². The SMILES string of the molecule is Cc1cccc(C)c1-n1ccn(-c2c(C)cccc2C)[c]1=[Ag]. The van der Waals surface area contributed by atoms with E-state index in [4.69, 9.17) is 0 Å². The molecule has 3 aromatic rings. The van der Waals surface area contributed by atoms with E-state index in [0.29, 0.717) is 0 Å². The van der Waals surface area contributed by atoms with Gasteiger partial charge in [0.25, 0.3) is 0 Å². The summed E-state index contributed by atoms with van der Waals surface area (Å²) in [5.41, 5.74) is 7.54. The molecule has 2 nitrogen and oxygen atoms in total. The van der Waals surface area contributed by atoms with Gasteiger partial charge in [-0.3, -0.25) is 0 Å². The number of hydrogen-bond acceptors (Lipinski definition) is 0. The molecule has 0 saturated carbocycles. The Morgan fingerprint density at radius 3 is 1.27 bits per heavy atom. The molecule has 3 rings (SSSR count). The van der Waals surface area contributed by atoms with Crippen LogP contribution in [0.4, 0.5) is 0 Å². The minimum absolute atomic E-state index is 1.03. The zero-order chi connectivity index (χ0) is 15.9. The van der Waals surface area contributed by atoms with E-state index < -0.39 is 0 Å². The Balaban J connectivity index is 2.25. The number of benzene rings is 2. The molecule has 0 aliphatic carbocycles. The molecule has 0 atom stereocenters. The van der Waals surface area contributed by atoms with Crippen molar-refractivity contribution in [2.75, 3.05) is 0 Å². The molecule has 2 aromatic carbocycles. The first kappa shape index (κ1) is 15.3. The van der Waals surface area contributed by atoms with E-state index in [0.717, 1.165) is 3.63 Å². The summed E-state index contributed by atoms with van der Waals surface area (Å²) in [7, 11) is 0. The van der Waals surface area contributed by atoms with Crippen molar-refractivity contribution in [3.8, 4) is 11.4 Å². The molecule has 1 heterocycles. The summed E-state index contributed by atoms with van der Waals surface area (Å²) in [5, 5.41) is 0. The van der Waals surface area contributed by atoms with E-state index in [1.807, 2.05) is 0 Å². The maximum absolute atomic E-state index is 3.81. The summed E-state index contributed by atoms with van der Waals surface area (Å²) < 4.78 is 5.44. The van der Waals surface area contributed by atoms with Crippen LogP contribution in [0.3, 0.4) is 0 Å². The number of hydrogen-bond donors (Lipinski definition) is 0. The zero-order valence-electron chi connectivity index (χ0n) is 13.3. The van der Waals surface area contributed by atoms with Gasteiger partial charge >= 0.3 is 143 Å². The molecule has 0 saturated heterocycles. The van der Waals surface area contributed by atoms with Crippen molar-refractivity contribution < 1.29 is 20.6 Å². The number of imidazole rings is 1. The average molecular weight is 384 g/mol. The van der Waals surface area contributed by atoms with Crippen LogP contribution in [0.5, 0.6) is 0 Å². The van der Waals surface area contributed by atoms with Gasteiger partial charge in [0, 0.05) is 0 Å². The summed E-state index contributed by atoms with van der Waals surface area (Å²) in [6.07, 6.45) is 4.23. The zero-order valence-corrected chi connectivity index (χ0v) is 14.8. The summed E-state index contributed by atoms with van der Waals surface area (Å²) in [5.74, 6) is 0. The monoisotopic (exact) mass is 383 g/mol. The molecule has 3 heteroatoms. The van der Waals surface area contributed by atoms with Gasteiger partial charge < -0.3 is 0 Å². The molecule has 0 aliphatic heterocycles. The van der Waals surface area contributed by atoms with Crippen molar-refractivity contribution in [3.05, 3.63) is 74.7 Å². The topological polar surface area (TPSA) is 9.86 Å². The minimum atomic E-state index is 1.03. The van der Waals surface area contributed by atoms with E-state index in [-0.39, 0.29) is 0 Å². The first-order valence-electron chi connectivity index (χ1n) is 7.38. The maximum atomic E-state index is 3.81. The van der Waals surface area contributed by atoms with Gasteiger partial charge in [-0.25, -0.2) is 0 Å². The Morgan fingerprint density at radius 2 is 0.955 bits per heavy atom. The summed E-state index contributed by atoms with van der Waals surface area (Å²) >= 11 is 3.81. The summed E-state index contributed by atoms with van der Waals surface area (Å²) in [4.78, 5) is 0. The van der Waals surface area contributed by atoms with Crippen LogP contribution in [0.2, 0.25) is 0 Å². The number of aromatic nitrogens is 2. The van der Waals surface area contributed by atoms with Crippen LogP contribution in [0, 0.1) is 31.3 Å². The van der Waals surface area contributed by atoms with Gasteiger partial charge in [-0.2, -0.15) is 0 Å². The van der Waals surface area contributed by atoms with Gasteiger partial charge in [0.05, 0.1) is 0 Å². The number of nitrogens with zero attached hydrogens (tertiary/aromatic N) is 2. The molecule has 22 heavy (non-hydrogen) atoms. The van der Waals surface area contributed by atoms with E-state index in [1.165, 1.54) is 33.6 Å². The fraction of sp³-hybridized carbons (Fsp3) is 0.211. The van der Waals surface area contributed by atoms with Crippen molar-refractivity contribution in [2.24, 2.45) is 0 Å². The summed E-state index contributed by atoms with van der Waals surface area (Å²) in [6, 6.07) is 12.8. The molecule has 117 valence electrons. The van der Waals surface area contributed by atoms with Crippen LogP contribution < -0.4 is 0 Å². The predicted molar refractivity (Wildman–Crippen MR) is 87.3 cm³/mol. The Labute approximate surface area is 143 Å². The van der Waals surface area contributed by atoms with Gasteiger partial charge in [0.1, 0.15) is 0 Å². The number of para-hydroxylation sites is 2. The second kappa shape index (κ2) is 5.88. The molecular weight excluding hydrogens is 364 g/mol. The van der Waals surface area contributed by atoms with Gasteiger partial charge in [-0.1, -0.05) is 0 Å². The first-order chi connectivity index (χ1) is 10.5. The van der Waals surface area contributed by atoms with Crippen LogP contribution in [-0.2, 0) is 20.6 Å². The molecule has 0 fully saturated rings. The third-order valence-corrected chi connectivity index (χ3v) is 4.80. The average Bonchev–Trinajstić information content (AvgIpc) is 2.81. The van der Waals surface area contributed by atoms with Crippen LogP contribution in [0.15, 0.2) is 48.8 Å². The summed E-state index contributed by atoms with van der Waals surface area (Å²) in [6.45, 7) is 8.60. The fourth-order valence-electron chi connectivity index (χ4n) is 3.05. The van der Waals surface area contributed by atoms with Crippen LogP contribution in [-0.4, -0.2) is 9.13 Å². The van der Waals surface area contributed by atoms with E-state index in [1.54, 1.807) is 0 Å². The molecule has 0 unspecified atom stereocenters. The second-order valence-corrected chi connectivity index (χ2v) is 6.42. The van der Waals surface area contributed by atoms with Crippen LogP contribution in [0.25, 0.3) is 11.4 Å².